The fraction of sp³-hybridized carbons (Fsp3) is 0.727. The first-order chi connectivity index (χ1) is 7.40. The summed E-state index contributed by atoms with van der Waals surface area (Å²) in [5.41, 5.74) is 0. The predicted molar refractivity (Wildman–Crippen MR) is 58.6 cm³/mol. The second-order valence-corrected chi connectivity index (χ2v) is 3.91. The Balaban J connectivity index is 1.81. The molecule has 0 radical (unpaired) electrons. The van der Waals surface area contributed by atoms with Crippen LogP contribution in [0.15, 0.2) is 12.4 Å². The van der Waals surface area contributed by atoms with Gasteiger partial charge < -0.3 is 14.6 Å². The lowest BCUT2D eigenvalue weighted by molar-refractivity contribution is 0.0205. The number of hydrogen-bond acceptors (Lipinski definition) is 3. The highest BCUT2D eigenvalue weighted by molar-refractivity contribution is 4.90. The highest BCUT2D eigenvalue weighted by atomic mass is 16.5. The van der Waals surface area contributed by atoms with Crippen molar-refractivity contribution < 1.29 is 4.74 Å². The maximum atomic E-state index is 5.82. The molecule has 0 aromatic carbocycles. The van der Waals surface area contributed by atoms with Gasteiger partial charge in [-0.1, -0.05) is 0 Å². The summed E-state index contributed by atoms with van der Waals surface area (Å²) < 4.78 is 7.95. The number of imidazole rings is 1. The van der Waals surface area contributed by atoms with E-state index in [1.807, 2.05) is 12.4 Å². The Morgan fingerprint density at radius 2 is 2.60 bits per heavy atom. The zero-order valence-corrected chi connectivity index (χ0v) is 9.28. The third-order valence-corrected chi connectivity index (χ3v) is 2.84. The molecule has 1 aromatic heterocycles. The standard InChI is InChI=1S/C11H19N3O/c1-2-14-7-6-13-11(14)9-15-10-4-3-5-12-8-10/h6-7,10,12H,2-5,8-9H2,1H3. The lowest BCUT2D eigenvalue weighted by Crippen LogP contribution is -2.35. The van der Waals surface area contributed by atoms with E-state index in [1.165, 1.54) is 12.8 Å². The number of aromatic nitrogens is 2. The molecule has 1 atom stereocenters. The number of rotatable bonds is 4. The van der Waals surface area contributed by atoms with Gasteiger partial charge in [-0.25, -0.2) is 4.98 Å². The third-order valence-electron chi connectivity index (χ3n) is 2.84. The fourth-order valence-electron chi connectivity index (χ4n) is 1.92. The summed E-state index contributed by atoms with van der Waals surface area (Å²) in [7, 11) is 0. The van der Waals surface area contributed by atoms with E-state index in [0.29, 0.717) is 12.7 Å². The first-order valence-corrected chi connectivity index (χ1v) is 5.72. The van der Waals surface area contributed by atoms with Crippen LogP contribution in [0.4, 0.5) is 0 Å². The number of aryl methyl sites for hydroxylation is 1. The van der Waals surface area contributed by atoms with Crippen LogP contribution in [0.2, 0.25) is 0 Å². The van der Waals surface area contributed by atoms with Crippen molar-refractivity contribution in [1.82, 2.24) is 14.9 Å². The van der Waals surface area contributed by atoms with Crippen molar-refractivity contribution in [3.63, 3.8) is 0 Å². The van der Waals surface area contributed by atoms with E-state index in [0.717, 1.165) is 25.5 Å². The molecule has 0 amide bonds. The van der Waals surface area contributed by atoms with Crippen molar-refractivity contribution in [2.24, 2.45) is 0 Å². The predicted octanol–water partition coefficient (Wildman–Crippen LogP) is 1.17. The average molecular weight is 209 g/mol. The number of nitrogens with one attached hydrogen (secondary N) is 1. The van der Waals surface area contributed by atoms with Crippen LogP contribution < -0.4 is 5.32 Å². The maximum Gasteiger partial charge on any atom is 0.134 e. The second kappa shape index (κ2) is 5.28. The van der Waals surface area contributed by atoms with Crippen LogP contribution in [-0.4, -0.2) is 28.7 Å². The van der Waals surface area contributed by atoms with Gasteiger partial charge in [-0.2, -0.15) is 0 Å². The normalized spacial score (nSPS) is 21.8. The van der Waals surface area contributed by atoms with Gasteiger partial charge in [0.2, 0.25) is 0 Å². The SMILES string of the molecule is CCn1ccnc1COC1CCCNC1. The van der Waals surface area contributed by atoms with Crippen molar-refractivity contribution in [3.8, 4) is 0 Å². The molecule has 0 spiro atoms. The molecule has 1 unspecified atom stereocenters. The minimum atomic E-state index is 0.362. The lowest BCUT2D eigenvalue weighted by atomic mass is 10.1. The van der Waals surface area contributed by atoms with Crippen molar-refractivity contribution >= 4 is 0 Å². The fourth-order valence-corrected chi connectivity index (χ4v) is 1.92. The molecule has 84 valence electrons. The van der Waals surface area contributed by atoms with E-state index in [9.17, 15) is 0 Å². The topological polar surface area (TPSA) is 39.1 Å². The summed E-state index contributed by atoms with van der Waals surface area (Å²) in [6.07, 6.45) is 6.58. The van der Waals surface area contributed by atoms with Gasteiger partial charge in [0.25, 0.3) is 0 Å². The van der Waals surface area contributed by atoms with Crippen LogP contribution in [-0.2, 0) is 17.9 Å². The Kier molecular flexibility index (Phi) is 3.75. The van der Waals surface area contributed by atoms with Crippen molar-refractivity contribution in [1.29, 1.82) is 0 Å². The van der Waals surface area contributed by atoms with E-state index in [4.69, 9.17) is 4.74 Å². The summed E-state index contributed by atoms with van der Waals surface area (Å²) in [4.78, 5) is 4.29. The molecule has 0 aliphatic carbocycles. The highest BCUT2D eigenvalue weighted by Gasteiger charge is 2.14. The second-order valence-electron chi connectivity index (χ2n) is 3.91. The summed E-state index contributed by atoms with van der Waals surface area (Å²) in [6, 6.07) is 0. The zero-order valence-electron chi connectivity index (χ0n) is 9.28. The van der Waals surface area contributed by atoms with Crippen LogP contribution in [0.25, 0.3) is 0 Å². The van der Waals surface area contributed by atoms with E-state index in [2.05, 4.69) is 21.8 Å². The van der Waals surface area contributed by atoms with E-state index in [1.54, 1.807) is 0 Å². The van der Waals surface area contributed by atoms with Crippen molar-refractivity contribution in [2.75, 3.05) is 13.1 Å². The Morgan fingerprint density at radius 3 is 3.33 bits per heavy atom. The molecule has 1 N–H and O–H groups in total. The summed E-state index contributed by atoms with van der Waals surface area (Å²) in [6.45, 7) is 5.82. The Hall–Kier alpha value is -0.870. The molecule has 4 nitrogen and oxygen atoms in total. The Labute approximate surface area is 90.6 Å². The average Bonchev–Trinajstić information content (AvgIpc) is 2.75. The smallest absolute Gasteiger partial charge is 0.134 e. The summed E-state index contributed by atoms with van der Waals surface area (Å²) in [5, 5.41) is 3.34. The Bertz CT molecular complexity index is 292. The molecule has 2 rings (SSSR count). The number of ether oxygens (including phenoxy) is 1. The molecule has 1 fully saturated rings. The first kappa shape index (κ1) is 10.6. The minimum absolute atomic E-state index is 0.362. The zero-order chi connectivity index (χ0) is 10.5. The van der Waals surface area contributed by atoms with Crippen molar-refractivity contribution in [3.05, 3.63) is 18.2 Å². The molecule has 4 heteroatoms. The molecule has 2 heterocycles. The van der Waals surface area contributed by atoms with E-state index < -0.39 is 0 Å². The first-order valence-electron chi connectivity index (χ1n) is 5.72. The van der Waals surface area contributed by atoms with Gasteiger partial charge >= 0.3 is 0 Å². The summed E-state index contributed by atoms with van der Waals surface area (Å²) in [5.74, 6) is 1.03. The quantitative estimate of drug-likeness (QED) is 0.809. The molecule has 0 bridgehead atoms. The molecule has 15 heavy (non-hydrogen) atoms. The monoisotopic (exact) mass is 209 g/mol. The number of hydrogen-bond donors (Lipinski definition) is 1. The summed E-state index contributed by atoms with van der Waals surface area (Å²) >= 11 is 0. The van der Waals surface area contributed by atoms with Gasteiger partial charge in [-0.3, -0.25) is 0 Å². The van der Waals surface area contributed by atoms with Crippen LogP contribution in [0.1, 0.15) is 25.6 Å². The van der Waals surface area contributed by atoms with Gasteiger partial charge in [-0.05, 0) is 26.3 Å². The third kappa shape index (κ3) is 2.79. The van der Waals surface area contributed by atoms with Gasteiger partial charge in [0.1, 0.15) is 12.4 Å². The van der Waals surface area contributed by atoms with Crippen LogP contribution >= 0.6 is 0 Å². The van der Waals surface area contributed by atoms with Crippen LogP contribution in [0.3, 0.4) is 0 Å². The van der Waals surface area contributed by atoms with Crippen LogP contribution in [0.5, 0.6) is 0 Å². The molecule has 1 aromatic rings. The molecular formula is C11H19N3O. The molecule has 0 saturated carbocycles. The number of piperidine rings is 1. The lowest BCUT2D eigenvalue weighted by Gasteiger charge is -2.22. The van der Waals surface area contributed by atoms with E-state index in [-0.39, 0.29) is 0 Å². The van der Waals surface area contributed by atoms with Crippen molar-refractivity contribution in [2.45, 2.75) is 39.0 Å². The minimum Gasteiger partial charge on any atom is -0.369 e. The Morgan fingerprint density at radius 1 is 1.67 bits per heavy atom. The largest absolute Gasteiger partial charge is 0.369 e. The molecule has 1 aliphatic heterocycles. The van der Waals surface area contributed by atoms with Gasteiger partial charge in [0.05, 0.1) is 6.10 Å². The van der Waals surface area contributed by atoms with Gasteiger partial charge in [0.15, 0.2) is 0 Å². The highest BCUT2D eigenvalue weighted by Crippen LogP contribution is 2.09. The maximum absolute atomic E-state index is 5.82. The molecular weight excluding hydrogens is 190 g/mol. The molecule has 1 aliphatic rings. The molecule has 1 saturated heterocycles. The number of nitrogens with zero attached hydrogens (tertiary/aromatic N) is 2. The van der Waals surface area contributed by atoms with Crippen LogP contribution in [0, 0.1) is 0 Å². The van der Waals surface area contributed by atoms with Gasteiger partial charge in [0, 0.05) is 25.5 Å². The van der Waals surface area contributed by atoms with E-state index >= 15 is 0 Å². The van der Waals surface area contributed by atoms with Gasteiger partial charge in [-0.15, -0.1) is 0 Å².